The fourth-order valence-electron chi connectivity index (χ4n) is 2.52. The Bertz CT molecular complexity index is 759. The highest BCUT2D eigenvalue weighted by atomic mass is 16.3. The van der Waals surface area contributed by atoms with Gasteiger partial charge >= 0.3 is 0 Å². The summed E-state index contributed by atoms with van der Waals surface area (Å²) in [7, 11) is 1.77. The first-order valence-electron chi connectivity index (χ1n) is 7.76. The summed E-state index contributed by atoms with van der Waals surface area (Å²) in [6, 6.07) is 20.5. The SMILES string of the molecule is CN=C(NCc1cc2ccccc2o1)NC(C)c1ccccc1. The number of nitrogens with one attached hydrogen (secondary N) is 2. The molecule has 1 aromatic heterocycles. The van der Waals surface area contributed by atoms with Crippen LogP contribution in [-0.2, 0) is 6.54 Å². The summed E-state index contributed by atoms with van der Waals surface area (Å²) in [5.74, 6) is 1.64. The average Bonchev–Trinajstić information content (AvgIpc) is 3.02. The molecule has 3 aromatic rings. The third-order valence-corrected chi connectivity index (χ3v) is 3.78. The summed E-state index contributed by atoms with van der Waals surface area (Å²) in [4.78, 5) is 4.28. The zero-order chi connectivity index (χ0) is 16.1. The molecule has 0 aliphatic rings. The van der Waals surface area contributed by atoms with Crippen LogP contribution in [0.5, 0.6) is 0 Å². The van der Waals surface area contributed by atoms with Gasteiger partial charge in [-0.25, -0.2) is 0 Å². The van der Waals surface area contributed by atoms with Crippen LogP contribution in [-0.4, -0.2) is 13.0 Å². The molecule has 4 nitrogen and oxygen atoms in total. The van der Waals surface area contributed by atoms with Crippen LogP contribution in [0.25, 0.3) is 11.0 Å². The van der Waals surface area contributed by atoms with E-state index in [1.165, 1.54) is 5.56 Å². The van der Waals surface area contributed by atoms with Gasteiger partial charge in [-0.05, 0) is 24.6 Å². The Balaban J connectivity index is 1.61. The van der Waals surface area contributed by atoms with Crippen LogP contribution in [0.1, 0.15) is 24.3 Å². The van der Waals surface area contributed by atoms with Gasteiger partial charge in [0.2, 0.25) is 0 Å². The molecule has 0 saturated carbocycles. The third kappa shape index (κ3) is 3.72. The van der Waals surface area contributed by atoms with E-state index >= 15 is 0 Å². The Labute approximate surface area is 136 Å². The molecule has 0 aliphatic carbocycles. The van der Waals surface area contributed by atoms with Gasteiger partial charge in [0.25, 0.3) is 0 Å². The molecule has 118 valence electrons. The molecule has 2 N–H and O–H groups in total. The molecule has 4 heteroatoms. The molecule has 0 fully saturated rings. The standard InChI is InChI=1S/C19H21N3O/c1-14(15-8-4-3-5-9-15)22-19(20-2)21-13-17-12-16-10-6-7-11-18(16)23-17/h3-12,14H,13H2,1-2H3,(H2,20,21,22). The van der Waals surface area contributed by atoms with E-state index in [1.807, 2.05) is 42.5 Å². The predicted octanol–water partition coefficient (Wildman–Crippen LogP) is 3.86. The quantitative estimate of drug-likeness (QED) is 0.568. The van der Waals surface area contributed by atoms with Crippen molar-refractivity contribution in [1.29, 1.82) is 0 Å². The molecule has 0 saturated heterocycles. The van der Waals surface area contributed by atoms with E-state index in [4.69, 9.17) is 4.42 Å². The number of guanidine groups is 1. The van der Waals surface area contributed by atoms with Crippen molar-refractivity contribution in [2.45, 2.75) is 19.5 Å². The molecule has 1 unspecified atom stereocenters. The number of para-hydroxylation sites is 1. The summed E-state index contributed by atoms with van der Waals surface area (Å²) in [6.07, 6.45) is 0. The van der Waals surface area contributed by atoms with E-state index in [1.54, 1.807) is 7.05 Å². The van der Waals surface area contributed by atoms with E-state index in [0.717, 1.165) is 22.7 Å². The maximum atomic E-state index is 5.81. The van der Waals surface area contributed by atoms with Gasteiger partial charge in [0.05, 0.1) is 12.6 Å². The second-order valence-electron chi connectivity index (χ2n) is 5.45. The van der Waals surface area contributed by atoms with Crippen molar-refractivity contribution in [3.8, 4) is 0 Å². The van der Waals surface area contributed by atoms with E-state index in [9.17, 15) is 0 Å². The molecule has 2 aromatic carbocycles. The van der Waals surface area contributed by atoms with Gasteiger partial charge in [0.15, 0.2) is 5.96 Å². The molecule has 0 radical (unpaired) electrons. The Kier molecular flexibility index (Phi) is 4.62. The Hall–Kier alpha value is -2.75. The highest BCUT2D eigenvalue weighted by Gasteiger charge is 2.08. The number of fused-ring (bicyclic) bond motifs is 1. The minimum atomic E-state index is 0.179. The topological polar surface area (TPSA) is 49.6 Å². The second kappa shape index (κ2) is 7.01. The van der Waals surface area contributed by atoms with Gasteiger partial charge in [0, 0.05) is 12.4 Å². The molecule has 3 rings (SSSR count). The van der Waals surface area contributed by atoms with E-state index in [0.29, 0.717) is 6.54 Å². The molecule has 0 amide bonds. The number of furan rings is 1. The molecular weight excluding hydrogens is 286 g/mol. The Morgan fingerprint density at radius 1 is 1.09 bits per heavy atom. The van der Waals surface area contributed by atoms with Crippen molar-refractivity contribution in [1.82, 2.24) is 10.6 Å². The number of nitrogens with zero attached hydrogens (tertiary/aromatic N) is 1. The van der Waals surface area contributed by atoms with E-state index in [2.05, 4.69) is 40.7 Å². The molecule has 0 bridgehead atoms. The Morgan fingerprint density at radius 3 is 2.57 bits per heavy atom. The number of hydrogen-bond donors (Lipinski definition) is 2. The van der Waals surface area contributed by atoms with Crippen LogP contribution in [0.3, 0.4) is 0 Å². The number of hydrogen-bond acceptors (Lipinski definition) is 2. The van der Waals surface area contributed by atoms with Crippen molar-refractivity contribution >= 4 is 16.9 Å². The van der Waals surface area contributed by atoms with Crippen LogP contribution >= 0.6 is 0 Å². The van der Waals surface area contributed by atoms with Gasteiger partial charge in [-0.1, -0.05) is 48.5 Å². The lowest BCUT2D eigenvalue weighted by molar-refractivity contribution is 0.536. The lowest BCUT2D eigenvalue weighted by atomic mass is 10.1. The zero-order valence-corrected chi connectivity index (χ0v) is 13.4. The molecule has 23 heavy (non-hydrogen) atoms. The van der Waals surface area contributed by atoms with Crippen molar-refractivity contribution in [2.24, 2.45) is 4.99 Å². The highest BCUT2D eigenvalue weighted by molar-refractivity contribution is 5.80. The molecular formula is C19H21N3O. The second-order valence-corrected chi connectivity index (χ2v) is 5.45. The first-order valence-corrected chi connectivity index (χ1v) is 7.76. The first kappa shape index (κ1) is 15.2. The lowest BCUT2D eigenvalue weighted by Gasteiger charge is -2.17. The van der Waals surface area contributed by atoms with Crippen LogP contribution in [0.2, 0.25) is 0 Å². The Morgan fingerprint density at radius 2 is 1.83 bits per heavy atom. The monoisotopic (exact) mass is 307 g/mol. The minimum Gasteiger partial charge on any atom is -0.459 e. The van der Waals surface area contributed by atoms with E-state index in [-0.39, 0.29) is 6.04 Å². The summed E-state index contributed by atoms with van der Waals surface area (Å²) < 4.78 is 5.81. The normalized spacial score (nSPS) is 13.0. The van der Waals surface area contributed by atoms with Crippen LogP contribution in [0.15, 0.2) is 70.1 Å². The predicted molar refractivity (Wildman–Crippen MR) is 94.4 cm³/mol. The van der Waals surface area contributed by atoms with Crippen molar-refractivity contribution < 1.29 is 4.42 Å². The summed E-state index contributed by atoms with van der Waals surface area (Å²) in [5.41, 5.74) is 2.13. The van der Waals surface area contributed by atoms with Crippen LogP contribution in [0.4, 0.5) is 0 Å². The van der Waals surface area contributed by atoms with Gasteiger partial charge in [-0.15, -0.1) is 0 Å². The lowest BCUT2D eigenvalue weighted by Crippen LogP contribution is -2.38. The maximum absolute atomic E-state index is 5.81. The van der Waals surface area contributed by atoms with Gasteiger partial charge in [-0.2, -0.15) is 0 Å². The number of aliphatic imine (C=N–C) groups is 1. The van der Waals surface area contributed by atoms with Crippen LogP contribution in [0, 0.1) is 0 Å². The zero-order valence-electron chi connectivity index (χ0n) is 13.4. The van der Waals surface area contributed by atoms with Crippen molar-refractivity contribution in [2.75, 3.05) is 7.05 Å². The molecule has 0 spiro atoms. The minimum absolute atomic E-state index is 0.179. The van der Waals surface area contributed by atoms with Crippen molar-refractivity contribution in [3.63, 3.8) is 0 Å². The van der Waals surface area contributed by atoms with E-state index < -0.39 is 0 Å². The highest BCUT2D eigenvalue weighted by Crippen LogP contribution is 2.18. The summed E-state index contributed by atoms with van der Waals surface area (Å²) >= 11 is 0. The first-order chi connectivity index (χ1) is 11.3. The van der Waals surface area contributed by atoms with Gasteiger partial charge in [-0.3, -0.25) is 4.99 Å². The third-order valence-electron chi connectivity index (χ3n) is 3.78. The smallest absolute Gasteiger partial charge is 0.191 e. The molecule has 1 heterocycles. The fourth-order valence-corrected chi connectivity index (χ4v) is 2.52. The summed E-state index contributed by atoms with van der Waals surface area (Å²) in [5, 5.41) is 7.79. The summed E-state index contributed by atoms with van der Waals surface area (Å²) in [6.45, 7) is 2.71. The maximum Gasteiger partial charge on any atom is 0.191 e. The molecule has 1 atom stereocenters. The fraction of sp³-hybridized carbons (Fsp3) is 0.211. The number of rotatable bonds is 4. The van der Waals surface area contributed by atoms with Crippen molar-refractivity contribution in [3.05, 3.63) is 72.0 Å². The number of benzene rings is 2. The largest absolute Gasteiger partial charge is 0.459 e. The van der Waals surface area contributed by atoms with Crippen LogP contribution < -0.4 is 10.6 Å². The van der Waals surface area contributed by atoms with Gasteiger partial charge < -0.3 is 15.1 Å². The average molecular weight is 307 g/mol. The molecule has 0 aliphatic heterocycles. The van der Waals surface area contributed by atoms with Gasteiger partial charge in [0.1, 0.15) is 11.3 Å².